The first-order chi connectivity index (χ1) is 13.2. The van der Waals surface area contributed by atoms with Crippen molar-refractivity contribution in [1.82, 2.24) is 9.62 Å². The molecule has 2 aromatic carbocycles. The Bertz CT molecular complexity index is 974. The molecule has 1 aliphatic rings. The second-order valence-corrected chi connectivity index (χ2v) is 9.65. The standard InChI is InChI=1S/C21H25ClN2O3S/c1-14-6-7-15(2)19(13-14)16(3)23-21(25)20-5-4-12-24(20)28(26,27)18-10-8-17(22)9-11-18/h6-11,13,16,20H,4-5,12H2,1-3H3,(H,23,25)/t16-,20-/m0/s1. The van der Waals surface area contributed by atoms with Gasteiger partial charge in [0.05, 0.1) is 10.9 Å². The fourth-order valence-corrected chi connectivity index (χ4v) is 5.43. The minimum atomic E-state index is -3.75. The summed E-state index contributed by atoms with van der Waals surface area (Å²) in [5, 5.41) is 3.47. The van der Waals surface area contributed by atoms with E-state index in [1.165, 1.54) is 16.4 Å². The number of sulfonamides is 1. The molecule has 1 amide bonds. The van der Waals surface area contributed by atoms with Crippen molar-refractivity contribution in [3.05, 3.63) is 64.2 Å². The summed E-state index contributed by atoms with van der Waals surface area (Å²) in [5.74, 6) is -0.261. The first-order valence-electron chi connectivity index (χ1n) is 9.35. The van der Waals surface area contributed by atoms with Crippen LogP contribution in [0.15, 0.2) is 47.4 Å². The predicted molar refractivity (Wildman–Crippen MR) is 111 cm³/mol. The first kappa shape index (κ1) is 20.8. The van der Waals surface area contributed by atoms with Gasteiger partial charge in [0.1, 0.15) is 6.04 Å². The van der Waals surface area contributed by atoms with Crippen LogP contribution in [0.1, 0.15) is 42.5 Å². The van der Waals surface area contributed by atoms with E-state index in [-0.39, 0.29) is 16.8 Å². The van der Waals surface area contributed by atoms with E-state index in [0.29, 0.717) is 24.4 Å². The monoisotopic (exact) mass is 420 g/mol. The maximum atomic E-state index is 13.0. The maximum Gasteiger partial charge on any atom is 0.243 e. The number of amides is 1. The number of carbonyl (C=O) groups excluding carboxylic acids is 1. The maximum absolute atomic E-state index is 13.0. The molecule has 0 saturated carbocycles. The molecule has 5 nitrogen and oxygen atoms in total. The quantitative estimate of drug-likeness (QED) is 0.795. The van der Waals surface area contributed by atoms with Gasteiger partial charge < -0.3 is 5.32 Å². The van der Waals surface area contributed by atoms with Crippen LogP contribution in [-0.4, -0.2) is 31.2 Å². The molecular formula is C21H25ClN2O3S. The van der Waals surface area contributed by atoms with Gasteiger partial charge in [-0.05, 0) is 69.0 Å². The molecule has 0 aliphatic carbocycles. The molecule has 0 bridgehead atoms. The summed E-state index contributed by atoms with van der Waals surface area (Å²) in [5.41, 5.74) is 3.25. The summed E-state index contributed by atoms with van der Waals surface area (Å²) in [6.07, 6.45) is 1.17. The van der Waals surface area contributed by atoms with Crippen molar-refractivity contribution in [3.63, 3.8) is 0 Å². The van der Waals surface area contributed by atoms with E-state index in [4.69, 9.17) is 11.6 Å². The van der Waals surface area contributed by atoms with Crippen molar-refractivity contribution in [2.45, 2.75) is 50.6 Å². The fourth-order valence-electron chi connectivity index (χ4n) is 3.65. The number of halogens is 1. The number of carbonyl (C=O) groups is 1. The molecule has 2 aromatic rings. The van der Waals surface area contributed by atoms with Crippen LogP contribution in [0.5, 0.6) is 0 Å². The number of hydrogen-bond donors (Lipinski definition) is 1. The highest BCUT2D eigenvalue weighted by atomic mass is 35.5. The van der Waals surface area contributed by atoms with E-state index in [1.807, 2.05) is 32.9 Å². The Kier molecular flexibility index (Phi) is 6.12. The molecule has 1 heterocycles. The molecule has 1 N–H and O–H groups in total. The summed E-state index contributed by atoms with van der Waals surface area (Å²) >= 11 is 5.87. The zero-order chi connectivity index (χ0) is 20.5. The molecule has 28 heavy (non-hydrogen) atoms. The van der Waals surface area contributed by atoms with Crippen LogP contribution in [0.2, 0.25) is 5.02 Å². The molecule has 3 rings (SSSR count). The Hall–Kier alpha value is -1.89. The number of nitrogens with one attached hydrogen (secondary N) is 1. The molecule has 1 fully saturated rings. The summed E-state index contributed by atoms with van der Waals surface area (Å²) in [6, 6.07) is 11.3. The van der Waals surface area contributed by atoms with Crippen molar-refractivity contribution >= 4 is 27.5 Å². The molecular weight excluding hydrogens is 396 g/mol. The van der Waals surface area contributed by atoms with E-state index in [2.05, 4.69) is 11.4 Å². The minimum absolute atomic E-state index is 0.152. The second kappa shape index (κ2) is 8.23. The number of nitrogens with zero attached hydrogens (tertiary/aromatic N) is 1. The summed E-state index contributed by atoms with van der Waals surface area (Å²) in [6.45, 7) is 6.27. The van der Waals surface area contributed by atoms with Crippen molar-refractivity contribution in [3.8, 4) is 0 Å². The van der Waals surface area contributed by atoms with E-state index in [9.17, 15) is 13.2 Å². The third-order valence-corrected chi connectivity index (χ3v) is 7.36. The SMILES string of the molecule is Cc1ccc(C)c([C@H](C)NC(=O)[C@@H]2CCCN2S(=O)(=O)c2ccc(Cl)cc2)c1. The molecule has 0 radical (unpaired) electrons. The molecule has 0 unspecified atom stereocenters. The van der Waals surface area contributed by atoms with Crippen molar-refractivity contribution in [2.75, 3.05) is 6.54 Å². The number of benzene rings is 2. The van der Waals surface area contributed by atoms with Crippen LogP contribution >= 0.6 is 11.6 Å². The average molecular weight is 421 g/mol. The van der Waals surface area contributed by atoms with Crippen molar-refractivity contribution in [1.29, 1.82) is 0 Å². The Labute approximate surface area is 171 Å². The van der Waals surface area contributed by atoms with Gasteiger partial charge in [0.15, 0.2) is 0 Å². The third kappa shape index (κ3) is 4.24. The van der Waals surface area contributed by atoms with E-state index in [1.54, 1.807) is 12.1 Å². The summed E-state index contributed by atoms with van der Waals surface area (Å²) in [4.78, 5) is 13.1. The van der Waals surface area contributed by atoms with Gasteiger partial charge in [0.25, 0.3) is 0 Å². The highest BCUT2D eigenvalue weighted by molar-refractivity contribution is 7.89. The average Bonchev–Trinajstić information content (AvgIpc) is 3.15. The van der Waals surface area contributed by atoms with Gasteiger partial charge in [0, 0.05) is 11.6 Å². The lowest BCUT2D eigenvalue weighted by Gasteiger charge is -2.25. The summed E-state index contributed by atoms with van der Waals surface area (Å²) in [7, 11) is -3.75. The van der Waals surface area contributed by atoms with Gasteiger partial charge in [-0.15, -0.1) is 0 Å². The lowest BCUT2D eigenvalue weighted by Crippen LogP contribution is -2.46. The Morgan fingerprint density at radius 1 is 1.18 bits per heavy atom. The zero-order valence-electron chi connectivity index (χ0n) is 16.3. The van der Waals surface area contributed by atoms with Crippen molar-refractivity contribution in [2.24, 2.45) is 0 Å². The number of aryl methyl sites for hydroxylation is 2. The smallest absolute Gasteiger partial charge is 0.243 e. The van der Waals surface area contributed by atoms with Gasteiger partial charge in [-0.2, -0.15) is 4.31 Å². The van der Waals surface area contributed by atoms with Crippen LogP contribution in [-0.2, 0) is 14.8 Å². The van der Waals surface area contributed by atoms with Crippen LogP contribution in [0, 0.1) is 13.8 Å². The number of rotatable bonds is 5. The van der Waals surface area contributed by atoms with Gasteiger partial charge in [-0.1, -0.05) is 35.4 Å². The molecule has 1 saturated heterocycles. The third-order valence-electron chi connectivity index (χ3n) is 5.19. The minimum Gasteiger partial charge on any atom is -0.348 e. The zero-order valence-corrected chi connectivity index (χ0v) is 17.8. The normalized spacial score (nSPS) is 18.8. The van der Waals surface area contributed by atoms with Crippen LogP contribution < -0.4 is 5.32 Å². The topological polar surface area (TPSA) is 66.5 Å². The predicted octanol–water partition coefficient (Wildman–Crippen LogP) is 3.99. The van der Waals surface area contributed by atoms with Gasteiger partial charge in [-0.3, -0.25) is 4.79 Å². The second-order valence-electron chi connectivity index (χ2n) is 7.32. The molecule has 2 atom stereocenters. The Morgan fingerprint density at radius 3 is 2.54 bits per heavy atom. The lowest BCUT2D eigenvalue weighted by molar-refractivity contribution is -0.124. The van der Waals surface area contributed by atoms with E-state index in [0.717, 1.165) is 16.7 Å². The van der Waals surface area contributed by atoms with Gasteiger partial charge in [-0.25, -0.2) is 8.42 Å². The fraction of sp³-hybridized carbons (Fsp3) is 0.381. The molecule has 7 heteroatoms. The highest BCUT2D eigenvalue weighted by Gasteiger charge is 2.39. The Morgan fingerprint density at radius 2 is 1.86 bits per heavy atom. The van der Waals surface area contributed by atoms with Crippen LogP contribution in [0.25, 0.3) is 0 Å². The summed E-state index contributed by atoms with van der Waals surface area (Å²) < 4.78 is 27.3. The largest absolute Gasteiger partial charge is 0.348 e. The number of hydrogen-bond acceptors (Lipinski definition) is 3. The highest BCUT2D eigenvalue weighted by Crippen LogP contribution is 2.28. The van der Waals surface area contributed by atoms with Crippen molar-refractivity contribution < 1.29 is 13.2 Å². The molecule has 0 aromatic heterocycles. The first-order valence-corrected chi connectivity index (χ1v) is 11.2. The van der Waals surface area contributed by atoms with E-state index >= 15 is 0 Å². The van der Waals surface area contributed by atoms with Gasteiger partial charge in [0.2, 0.25) is 15.9 Å². The molecule has 0 spiro atoms. The Balaban J connectivity index is 1.79. The van der Waals surface area contributed by atoms with E-state index < -0.39 is 16.1 Å². The van der Waals surface area contributed by atoms with Crippen LogP contribution in [0.3, 0.4) is 0 Å². The van der Waals surface area contributed by atoms with Crippen LogP contribution in [0.4, 0.5) is 0 Å². The molecule has 150 valence electrons. The molecule has 1 aliphatic heterocycles. The van der Waals surface area contributed by atoms with Gasteiger partial charge >= 0.3 is 0 Å². The lowest BCUT2D eigenvalue weighted by atomic mass is 9.99.